The Bertz CT molecular complexity index is 441. The van der Waals surface area contributed by atoms with Crippen LogP contribution in [0.25, 0.3) is 0 Å². The van der Waals surface area contributed by atoms with Gasteiger partial charge in [-0.1, -0.05) is 6.07 Å². The van der Waals surface area contributed by atoms with Crippen molar-refractivity contribution in [1.29, 1.82) is 0 Å². The molecule has 100 valence electrons. The fourth-order valence-electron chi connectivity index (χ4n) is 2.21. The van der Waals surface area contributed by atoms with Gasteiger partial charge in [-0.2, -0.15) is 0 Å². The fraction of sp³-hybridized carbons (Fsp3) is 0.500. The molecular formula is C14H21NO3. The van der Waals surface area contributed by atoms with Crippen molar-refractivity contribution in [3.63, 3.8) is 0 Å². The molecular weight excluding hydrogens is 230 g/mol. The molecule has 0 heterocycles. The topological polar surface area (TPSA) is 49.8 Å². The number of likely N-dealkylation sites (N-methyl/N-ethyl adjacent to an activating group) is 1. The first-order valence-corrected chi connectivity index (χ1v) is 5.89. The second-order valence-electron chi connectivity index (χ2n) is 4.85. The molecule has 0 aliphatic carbocycles. The lowest BCUT2D eigenvalue weighted by atomic mass is 9.92. The molecule has 0 saturated carbocycles. The maximum atomic E-state index is 11.5. The van der Waals surface area contributed by atoms with Gasteiger partial charge in [0.2, 0.25) is 0 Å². The predicted molar refractivity (Wildman–Crippen MR) is 71.4 cm³/mol. The van der Waals surface area contributed by atoms with Crippen molar-refractivity contribution in [2.45, 2.75) is 19.8 Å². The first-order valence-electron chi connectivity index (χ1n) is 5.89. The molecule has 4 heteroatoms. The summed E-state index contributed by atoms with van der Waals surface area (Å²) in [5, 5.41) is 9.41. The minimum absolute atomic E-state index is 0.454. The van der Waals surface area contributed by atoms with E-state index in [1.54, 1.807) is 7.11 Å². The van der Waals surface area contributed by atoms with Crippen LogP contribution in [0, 0.1) is 13.8 Å². The van der Waals surface area contributed by atoms with Crippen LogP contribution in [0.1, 0.15) is 22.6 Å². The monoisotopic (exact) mass is 251 g/mol. The lowest BCUT2D eigenvalue weighted by molar-refractivity contribution is -0.139. The van der Waals surface area contributed by atoms with Crippen LogP contribution in [0.15, 0.2) is 12.1 Å². The summed E-state index contributed by atoms with van der Waals surface area (Å²) in [7, 11) is 5.31. The van der Waals surface area contributed by atoms with E-state index in [1.165, 1.54) is 0 Å². The molecule has 1 atom stereocenters. The maximum Gasteiger partial charge on any atom is 0.312 e. The first kappa shape index (κ1) is 14.5. The number of carbonyl (C=O) groups is 1. The maximum absolute atomic E-state index is 11.5. The number of aryl methyl sites for hydroxylation is 2. The molecule has 1 rings (SSSR count). The number of rotatable bonds is 5. The summed E-state index contributed by atoms with van der Waals surface area (Å²) in [6.45, 7) is 4.35. The van der Waals surface area contributed by atoms with Crippen molar-refractivity contribution in [3.8, 4) is 5.75 Å². The molecule has 0 fully saturated rings. The van der Waals surface area contributed by atoms with Gasteiger partial charge in [-0.15, -0.1) is 0 Å². The molecule has 0 radical (unpaired) electrons. The van der Waals surface area contributed by atoms with Gasteiger partial charge in [0.05, 0.1) is 13.0 Å². The van der Waals surface area contributed by atoms with Gasteiger partial charge in [0.25, 0.3) is 0 Å². The van der Waals surface area contributed by atoms with E-state index >= 15 is 0 Å². The van der Waals surface area contributed by atoms with Gasteiger partial charge in [-0.25, -0.2) is 0 Å². The van der Waals surface area contributed by atoms with Crippen LogP contribution in [-0.2, 0) is 4.79 Å². The summed E-state index contributed by atoms with van der Waals surface area (Å²) in [6, 6.07) is 3.87. The number of nitrogens with zero attached hydrogens (tertiary/aromatic N) is 1. The third kappa shape index (κ3) is 3.23. The van der Waals surface area contributed by atoms with Crippen LogP contribution in [0.4, 0.5) is 0 Å². The Hall–Kier alpha value is -1.55. The second kappa shape index (κ2) is 5.87. The van der Waals surface area contributed by atoms with Crippen molar-refractivity contribution in [3.05, 3.63) is 28.8 Å². The van der Waals surface area contributed by atoms with Gasteiger partial charge in [0.1, 0.15) is 5.75 Å². The van der Waals surface area contributed by atoms with Gasteiger partial charge >= 0.3 is 5.97 Å². The normalized spacial score (nSPS) is 12.6. The van der Waals surface area contributed by atoms with Crippen LogP contribution in [0.5, 0.6) is 5.75 Å². The first-order chi connectivity index (χ1) is 8.36. The van der Waals surface area contributed by atoms with E-state index in [4.69, 9.17) is 4.74 Å². The van der Waals surface area contributed by atoms with Gasteiger partial charge in [0.15, 0.2) is 0 Å². The summed E-state index contributed by atoms with van der Waals surface area (Å²) in [4.78, 5) is 13.3. The molecule has 1 aromatic rings. The van der Waals surface area contributed by atoms with Crippen molar-refractivity contribution < 1.29 is 14.6 Å². The van der Waals surface area contributed by atoms with Gasteiger partial charge in [-0.05, 0) is 45.1 Å². The van der Waals surface area contributed by atoms with Crippen molar-refractivity contribution in [2.24, 2.45) is 0 Å². The summed E-state index contributed by atoms with van der Waals surface area (Å²) in [6.07, 6.45) is 0. The molecule has 0 bridgehead atoms. The van der Waals surface area contributed by atoms with E-state index in [1.807, 2.05) is 45.0 Å². The Morgan fingerprint density at radius 1 is 1.39 bits per heavy atom. The van der Waals surface area contributed by atoms with Gasteiger partial charge in [-0.3, -0.25) is 4.79 Å². The molecule has 0 aromatic heterocycles. The molecule has 0 spiro atoms. The number of benzene rings is 1. The smallest absolute Gasteiger partial charge is 0.312 e. The van der Waals surface area contributed by atoms with Crippen molar-refractivity contribution in [2.75, 3.05) is 27.7 Å². The highest BCUT2D eigenvalue weighted by Gasteiger charge is 2.26. The van der Waals surface area contributed by atoms with Crippen LogP contribution >= 0.6 is 0 Å². The summed E-state index contributed by atoms with van der Waals surface area (Å²) >= 11 is 0. The molecule has 0 aliphatic heterocycles. The number of hydrogen-bond donors (Lipinski definition) is 1. The third-order valence-electron chi connectivity index (χ3n) is 2.91. The SMILES string of the molecule is COc1cc(C)cc(C)c1C(CN(C)C)C(=O)O. The largest absolute Gasteiger partial charge is 0.496 e. The number of hydrogen-bond acceptors (Lipinski definition) is 3. The van der Waals surface area contributed by atoms with Crippen molar-refractivity contribution in [1.82, 2.24) is 4.90 Å². The Morgan fingerprint density at radius 2 is 2.00 bits per heavy atom. The highest BCUT2D eigenvalue weighted by Crippen LogP contribution is 2.32. The Morgan fingerprint density at radius 3 is 2.44 bits per heavy atom. The third-order valence-corrected chi connectivity index (χ3v) is 2.91. The molecule has 1 aromatic carbocycles. The van der Waals surface area contributed by atoms with Crippen LogP contribution < -0.4 is 4.74 Å². The molecule has 0 aliphatic rings. The number of methoxy groups -OCH3 is 1. The lowest BCUT2D eigenvalue weighted by Gasteiger charge is -2.22. The lowest BCUT2D eigenvalue weighted by Crippen LogP contribution is -2.27. The molecule has 0 saturated heterocycles. The summed E-state index contributed by atoms with van der Waals surface area (Å²) in [5.41, 5.74) is 2.80. The Balaban J connectivity index is 3.30. The number of ether oxygens (including phenoxy) is 1. The quantitative estimate of drug-likeness (QED) is 0.870. The number of aliphatic carboxylic acids is 1. The van der Waals surface area contributed by atoms with Crippen molar-refractivity contribution >= 4 is 5.97 Å². The average molecular weight is 251 g/mol. The van der Waals surface area contributed by atoms with Gasteiger partial charge in [0, 0.05) is 12.1 Å². The van der Waals surface area contributed by atoms with E-state index in [9.17, 15) is 9.90 Å². The molecule has 1 N–H and O–H groups in total. The van der Waals surface area contributed by atoms with E-state index < -0.39 is 11.9 Å². The highest BCUT2D eigenvalue weighted by molar-refractivity contribution is 5.78. The van der Waals surface area contributed by atoms with E-state index in [0.717, 1.165) is 16.7 Å². The summed E-state index contributed by atoms with van der Waals surface area (Å²) in [5.74, 6) is -0.744. The zero-order chi connectivity index (χ0) is 13.9. The number of carboxylic acids is 1. The van der Waals surface area contributed by atoms with E-state index in [-0.39, 0.29) is 0 Å². The second-order valence-corrected chi connectivity index (χ2v) is 4.85. The van der Waals surface area contributed by atoms with Crippen LogP contribution in [-0.4, -0.2) is 43.7 Å². The molecule has 1 unspecified atom stereocenters. The zero-order valence-electron chi connectivity index (χ0n) is 11.7. The standard InChI is InChI=1S/C14H21NO3/c1-9-6-10(2)13(12(7-9)18-5)11(14(16)17)8-15(3)4/h6-7,11H,8H2,1-5H3,(H,16,17). The molecule has 18 heavy (non-hydrogen) atoms. The highest BCUT2D eigenvalue weighted by atomic mass is 16.5. The minimum atomic E-state index is -0.825. The zero-order valence-corrected chi connectivity index (χ0v) is 11.7. The predicted octanol–water partition coefficient (Wildman–Crippen LogP) is 2.04. The minimum Gasteiger partial charge on any atom is -0.496 e. The van der Waals surface area contributed by atoms with E-state index in [0.29, 0.717) is 12.3 Å². The fourth-order valence-corrected chi connectivity index (χ4v) is 2.21. The van der Waals surface area contributed by atoms with E-state index in [2.05, 4.69) is 0 Å². The number of carboxylic acid groups (broad SMARTS) is 1. The molecule has 0 amide bonds. The van der Waals surface area contributed by atoms with Gasteiger partial charge < -0.3 is 14.7 Å². The summed E-state index contributed by atoms with van der Waals surface area (Å²) < 4.78 is 5.34. The van der Waals surface area contributed by atoms with Crippen LogP contribution in [0.3, 0.4) is 0 Å². The Kier molecular flexibility index (Phi) is 4.73. The average Bonchev–Trinajstić information content (AvgIpc) is 2.25. The van der Waals surface area contributed by atoms with Crippen LogP contribution in [0.2, 0.25) is 0 Å². The Labute approximate surface area is 108 Å². The molecule has 4 nitrogen and oxygen atoms in total.